The van der Waals surface area contributed by atoms with Gasteiger partial charge in [0, 0.05) is 4.75 Å². The molecule has 0 aromatic heterocycles. The van der Waals surface area contributed by atoms with Crippen molar-refractivity contribution in [1.82, 2.24) is 10.2 Å². The van der Waals surface area contributed by atoms with Crippen molar-refractivity contribution in [3.8, 4) is 0 Å². The van der Waals surface area contributed by atoms with Crippen molar-refractivity contribution in [2.24, 2.45) is 0 Å². The van der Waals surface area contributed by atoms with Crippen LogP contribution in [0.25, 0.3) is 0 Å². The molecular formula is C15H28N2O5SSi2. The van der Waals surface area contributed by atoms with E-state index in [-0.39, 0.29) is 17.3 Å². The first-order valence-corrected chi connectivity index (χ1v) is 16.0. The number of carbonyl (C=O) groups is 3. The second-order valence-corrected chi connectivity index (χ2v) is 19.5. The largest absolute Gasteiger partial charge is 0.518 e. The zero-order valence-corrected chi connectivity index (χ0v) is 18.9. The van der Waals surface area contributed by atoms with Crippen molar-refractivity contribution in [2.45, 2.75) is 75.3 Å². The Kier molecular flexibility index (Phi) is 5.12. The van der Waals surface area contributed by atoms with Crippen LogP contribution in [0.15, 0.2) is 0 Å². The number of nitrogens with one attached hydrogen (secondary N) is 1. The highest BCUT2D eigenvalue weighted by Crippen LogP contribution is 2.51. The average Bonchev–Trinajstić information content (AvgIpc) is 2.60. The minimum atomic E-state index is -2.05. The van der Waals surface area contributed by atoms with Crippen LogP contribution in [0.2, 0.25) is 39.3 Å². The van der Waals surface area contributed by atoms with Crippen LogP contribution in [0.4, 0.5) is 4.79 Å². The number of carbonyl (C=O) groups excluding carboxylic acids is 3. The highest BCUT2D eigenvalue weighted by atomic mass is 32.2. The van der Waals surface area contributed by atoms with Gasteiger partial charge in [-0.25, -0.2) is 4.79 Å². The number of rotatable bonds is 4. The maximum Gasteiger partial charge on any atom is 0.394 e. The Bertz CT molecular complexity index is 600. The molecule has 2 saturated heterocycles. The summed E-state index contributed by atoms with van der Waals surface area (Å²) in [6.45, 7) is 15.4. The summed E-state index contributed by atoms with van der Waals surface area (Å²) in [5, 5.41) is 2.39. The van der Waals surface area contributed by atoms with Crippen LogP contribution < -0.4 is 5.32 Å². The third kappa shape index (κ3) is 4.40. The third-order valence-corrected chi connectivity index (χ3v) is 6.93. The van der Waals surface area contributed by atoms with Gasteiger partial charge in [-0.1, -0.05) is 0 Å². The van der Waals surface area contributed by atoms with E-state index in [4.69, 9.17) is 8.85 Å². The molecule has 2 fully saturated rings. The lowest BCUT2D eigenvalue weighted by Gasteiger charge is -2.44. The van der Waals surface area contributed by atoms with Crippen LogP contribution in [0, 0.1) is 0 Å². The number of nitrogens with zero attached hydrogens (tertiary/aromatic N) is 1. The molecule has 2 aliphatic heterocycles. The molecule has 2 amide bonds. The molecule has 0 unspecified atom stereocenters. The van der Waals surface area contributed by atoms with Crippen molar-refractivity contribution in [2.75, 3.05) is 0 Å². The summed E-state index contributed by atoms with van der Waals surface area (Å²) in [5.41, 5.74) is 0. The van der Waals surface area contributed by atoms with Gasteiger partial charge in [0.25, 0.3) is 0 Å². The summed E-state index contributed by atoms with van der Waals surface area (Å²) < 4.78 is 10.5. The summed E-state index contributed by atoms with van der Waals surface area (Å²) in [6.07, 6.45) is -0.566. The maximum absolute atomic E-state index is 12.6. The van der Waals surface area contributed by atoms with Crippen LogP contribution in [0.5, 0.6) is 0 Å². The van der Waals surface area contributed by atoms with Gasteiger partial charge in [-0.2, -0.15) is 0 Å². The van der Waals surface area contributed by atoms with E-state index < -0.39 is 39.6 Å². The molecule has 25 heavy (non-hydrogen) atoms. The lowest BCUT2D eigenvalue weighted by atomic mass is 9.96. The molecule has 0 aliphatic carbocycles. The van der Waals surface area contributed by atoms with Gasteiger partial charge < -0.3 is 19.1 Å². The van der Waals surface area contributed by atoms with Gasteiger partial charge in [-0.15, -0.1) is 11.8 Å². The Hall–Kier alpha value is -1.01. The SMILES string of the molecule is CC1(C)S[C@@H]2[C@H](NC(=O)O[Si](C)(C)C)C(=O)N2[C@H]1C(=O)O[Si](C)(C)C. The van der Waals surface area contributed by atoms with Gasteiger partial charge in [0.1, 0.15) is 17.5 Å². The lowest BCUT2D eigenvalue weighted by molar-refractivity contribution is -0.158. The third-order valence-electron chi connectivity index (χ3n) is 3.74. The van der Waals surface area contributed by atoms with Crippen LogP contribution >= 0.6 is 11.8 Å². The van der Waals surface area contributed by atoms with E-state index in [1.165, 1.54) is 11.8 Å². The predicted molar refractivity (Wildman–Crippen MR) is 102 cm³/mol. The monoisotopic (exact) mass is 404 g/mol. The van der Waals surface area contributed by atoms with Gasteiger partial charge in [0.2, 0.25) is 22.5 Å². The van der Waals surface area contributed by atoms with Crippen LogP contribution in [-0.2, 0) is 18.4 Å². The molecule has 142 valence electrons. The average molecular weight is 405 g/mol. The van der Waals surface area contributed by atoms with E-state index >= 15 is 0 Å². The molecule has 10 heteroatoms. The highest BCUT2D eigenvalue weighted by Gasteiger charge is 2.64. The lowest BCUT2D eigenvalue weighted by Crippen LogP contribution is -2.71. The van der Waals surface area contributed by atoms with Crippen LogP contribution in [-0.4, -0.2) is 61.7 Å². The topological polar surface area (TPSA) is 84.9 Å². The second kappa shape index (κ2) is 6.31. The van der Waals surface area contributed by atoms with E-state index in [0.29, 0.717) is 0 Å². The minimum Gasteiger partial charge on any atom is -0.518 e. The van der Waals surface area contributed by atoms with E-state index in [1.54, 1.807) is 4.90 Å². The normalized spacial score (nSPS) is 28.1. The van der Waals surface area contributed by atoms with E-state index in [0.717, 1.165) is 0 Å². The molecule has 2 heterocycles. The fourth-order valence-electron chi connectivity index (χ4n) is 2.92. The van der Waals surface area contributed by atoms with Crippen LogP contribution in [0.3, 0.4) is 0 Å². The second-order valence-electron chi connectivity index (χ2n) is 8.92. The maximum atomic E-state index is 12.6. The zero-order valence-electron chi connectivity index (χ0n) is 16.1. The number of β-lactam (4-membered cyclic amide) rings is 1. The Balaban J connectivity index is 2.10. The Morgan fingerprint density at radius 2 is 1.60 bits per heavy atom. The van der Waals surface area contributed by atoms with Crippen molar-refractivity contribution in [3.63, 3.8) is 0 Å². The molecule has 2 rings (SSSR count). The van der Waals surface area contributed by atoms with Gasteiger partial charge in [0.15, 0.2) is 0 Å². The van der Waals surface area contributed by atoms with E-state index in [9.17, 15) is 14.4 Å². The molecule has 3 atom stereocenters. The first-order chi connectivity index (χ1) is 11.1. The first kappa shape index (κ1) is 20.3. The number of fused-ring (bicyclic) bond motifs is 1. The molecule has 0 radical (unpaired) electrons. The minimum absolute atomic E-state index is 0.256. The smallest absolute Gasteiger partial charge is 0.394 e. The van der Waals surface area contributed by atoms with E-state index in [1.807, 2.05) is 53.1 Å². The Morgan fingerprint density at radius 1 is 1.08 bits per heavy atom. The van der Waals surface area contributed by atoms with Crippen molar-refractivity contribution >= 4 is 46.4 Å². The molecule has 1 N–H and O–H groups in total. The number of thioether (sulfide) groups is 1. The summed E-state index contributed by atoms with van der Waals surface area (Å²) >= 11 is 1.51. The van der Waals surface area contributed by atoms with Crippen molar-refractivity contribution in [3.05, 3.63) is 0 Å². The Morgan fingerprint density at radius 3 is 2.08 bits per heavy atom. The van der Waals surface area contributed by atoms with Gasteiger partial charge in [-0.3, -0.25) is 9.59 Å². The molecule has 7 nitrogen and oxygen atoms in total. The molecule has 0 bridgehead atoms. The fourth-order valence-corrected chi connectivity index (χ4v) is 5.87. The Labute approximate surface area is 155 Å². The first-order valence-electron chi connectivity index (χ1n) is 8.35. The summed E-state index contributed by atoms with van der Waals surface area (Å²) in [4.78, 5) is 38.7. The standard InChI is InChI=1S/C15H28N2O5SSi2/c1-15(2)10(13(19)21-24(3,4)5)17-11(18)9(12(17)23-15)16-14(20)22-25(6,7)8/h9-10,12H,1-8H3,(H,16,20)/t9-,10+,12-/m1/s1. The molecule has 0 spiro atoms. The van der Waals surface area contributed by atoms with Gasteiger partial charge in [0.05, 0.1) is 0 Å². The predicted octanol–water partition coefficient (Wildman–Crippen LogP) is 2.36. The molecule has 0 aromatic carbocycles. The van der Waals surface area contributed by atoms with Crippen molar-refractivity contribution < 1.29 is 23.2 Å². The zero-order chi connectivity index (χ0) is 19.4. The van der Waals surface area contributed by atoms with Crippen LogP contribution in [0.1, 0.15) is 13.8 Å². The summed E-state index contributed by atoms with van der Waals surface area (Å²) in [6, 6.07) is -1.29. The molecule has 0 saturated carbocycles. The molecular weight excluding hydrogens is 376 g/mol. The number of hydrogen-bond donors (Lipinski definition) is 1. The fraction of sp³-hybridized carbons (Fsp3) is 0.800. The summed E-state index contributed by atoms with van der Waals surface area (Å²) in [5.74, 6) is -0.608. The van der Waals surface area contributed by atoms with Gasteiger partial charge >= 0.3 is 12.1 Å². The number of amides is 2. The summed E-state index contributed by atoms with van der Waals surface area (Å²) in [7, 11) is -4.08. The number of hydrogen-bond acceptors (Lipinski definition) is 6. The highest BCUT2D eigenvalue weighted by molar-refractivity contribution is 8.01. The molecule has 0 aromatic rings. The van der Waals surface area contributed by atoms with Crippen molar-refractivity contribution in [1.29, 1.82) is 0 Å². The quantitative estimate of drug-likeness (QED) is 0.572. The van der Waals surface area contributed by atoms with Gasteiger partial charge in [-0.05, 0) is 53.1 Å². The van der Waals surface area contributed by atoms with E-state index in [2.05, 4.69) is 5.32 Å². The molecule has 2 aliphatic rings.